The number of ether oxygens (including phenoxy) is 4. The van der Waals surface area contributed by atoms with E-state index in [1.165, 1.54) is 99.0 Å². The van der Waals surface area contributed by atoms with Crippen LogP contribution in [0.1, 0.15) is 70.7 Å². The van der Waals surface area contributed by atoms with Crippen LogP contribution in [0.5, 0.6) is 34.5 Å². The molecular weight excluding hydrogens is 1040 g/mol. The van der Waals surface area contributed by atoms with Crippen LogP contribution < -0.4 is 30.4 Å². The highest BCUT2D eigenvalue weighted by Crippen LogP contribution is 2.37. The van der Waals surface area contributed by atoms with Gasteiger partial charge in [-0.05, 0) is 58.1 Å². The van der Waals surface area contributed by atoms with E-state index >= 15 is 4.39 Å². The lowest BCUT2D eigenvalue weighted by Gasteiger charge is -2.11. The number of fused-ring (bicyclic) bond motifs is 1. The van der Waals surface area contributed by atoms with Gasteiger partial charge in [-0.1, -0.05) is 39.4 Å². The first-order chi connectivity index (χ1) is 36.6. The van der Waals surface area contributed by atoms with Crippen LogP contribution in [0.15, 0.2) is 91.5 Å². The fourth-order valence-corrected chi connectivity index (χ4v) is 8.71. The van der Waals surface area contributed by atoms with Crippen molar-refractivity contribution in [3.8, 4) is 45.9 Å². The number of likely N-dealkylation sites (N-methyl/N-ethyl adjacent to an activating group) is 1. The summed E-state index contributed by atoms with van der Waals surface area (Å²) in [4.78, 5) is 33.2. The molecule has 0 aliphatic heterocycles. The number of carboxylic acid groups (broad SMARTS) is 1. The van der Waals surface area contributed by atoms with E-state index in [2.05, 4.69) is 35.0 Å². The third-order valence-corrected chi connectivity index (χ3v) is 12.4. The van der Waals surface area contributed by atoms with Crippen LogP contribution in [0.4, 0.5) is 34.9 Å². The van der Waals surface area contributed by atoms with E-state index in [0.29, 0.717) is 22.4 Å². The predicted molar refractivity (Wildman–Crippen MR) is 285 cm³/mol. The van der Waals surface area contributed by atoms with E-state index in [1.54, 1.807) is 37.5 Å². The van der Waals surface area contributed by atoms with Crippen LogP contribution in [0, 0.1) is 43.7 Å². The van der Waals surface area contributed by atoms with Crippen molar-refractivity contribution >= 4 is 57.0 Å². The summed E-state index contributed by atoms with van der Waals surface area (Å²) in [7, 11) is 3.43. The standard InChI is InChI=1S/C25H22F2N6O2S.C24H21F2N5O2S.C4H9NO2/c1-13(2)22-23-24(25(28)31-12-30-23)33(32-22)21-5-4-16(9-20(21)27)35-18-7-15(26)6-17(8-18)34-11-19-10-29-14(3)36-19;1-13(2)23-22(27)24(28-4)31(30-23)21-6-5-16(10-20(21)26)33-18-8-15(25)7-17(9-18)32-12-19-11-29-14(3)34-19;1-5(2)3-4(6)7/h4-10,12-13H,11H2,1-3H3,(H2,28,30,31);5-11,13H,12,27H2,1-3H3;3H2,1-2H3,(H,6,7). The number of rotatable bonds is 16. The quantitative estimate of drug-likeness (QED) is 0.0605. The van der Waals surface area contributed by atoms with Crippen molar-refractivity contribution in [2.45, 2.75) is 66.6 Å². The van der Waals surface area contributed by atoms with Gasteiger partial charge in [-0.15, -0.1) is 22.7 Å². The van der Waals surface area contributed by atoms with Gasteiger partial charge in [0, 0.05) is 66.8 Å². The summed E-state index contributed by atoms with van der Waals surface area (Å²) in [5.74, 6) is -1.73. The summed E-state index contributed by atoms with van der Waals surface area (Å²) in [6.45, 7) is 19.5. The van der Waals surface area contributed by atoms with Gasteiger partial charge in [0.2, 0.25) is 0 Å². The Bertz CT molecular complexity index is 3590. The summed E-state index contributed by atoms with van der Waals surface area (Å²) in [6, 6.07) is 16.3. The maximum atomic E-state index is 15.3. The highest BCUT2D eigenvalue weighted by Gasteiger charge is 2.24. The van der Waals surface area contributed by atoms with E-state index in [0.717, 1.165) is 25.8 Å². The molecule has 4 aromatic carbocycles. The number of aliphatic carboxylic acids is 1. The number of nitrogen functional groups attached to an aromatic ring is 2. The van der Waals surface area contributed by atoms with E-state index < -0.39 is 29.2 Å². The SMILES string of the molecule is CN(C)CC(=O)O.Cc1ncc(COc2cc(F)cc(Oc3ccc(-n4nc(C(C)C)c5ncnc(N)c54)c(F)c3)c2)s1.[C-]#[N+]c1c(N)c(C(C)C)nn1-c1ccc(Oc2cc(F)cc(OCc3cnc(C)s3)c2)cc1F. The molecule has 9 aromatic rings. The van der Waals surface area contributed by atoms with Crippen molar-refractivity contribution in [2.75, 3.05) is 32.1 Å². The molecule has 400 valence electrons. The number of hydrogen-bond acceptors (Lipinski definition) is 16. The number of hydrogen-bond donors (Lipinski definition) is 3. The molecule has 0 saturated heterocycles. The molecule has 0 spiro atoms. The van der Waals surface area contributed by atoms with E-state index in [-0.39, 0.29) is 94.8 Å². The van der Waals surface area contributed by atoms with Crippen molar-refractivity contribution in [1.82, 2.24) is 44.4 Å². The van der Waals surface area contributed by atoms with Gasteiger partial charge in [-0.3, -0.25) is 9.69 Å². The van der Waals surface area contributed by atoms with Crippen LogP contribution in [0.3, 0.4) is 0 Å². The van der Waals surface area contributed by atoms with Gasteiger partial charge >= 0.3 is 5.97 Å². The summed E-state index contributed by atoms with van der Waals surface area (Å²) in [6.07, 6.45) is 4.78. The second kappa shape index (κ2) is 24.8. The minimum Gasteiger partial charge on any atom is -0.488 e. The molecule has 9 rings (SSSR count). The van der Waals surface area contributed by atoms with Crippen molar-refractivity contribution in [3.63, 3.8) is 0 Å². The molecule has 5 heterocycles. The topological polar surface area (TPSA) is 221 Å². The normalized spacial score (nSPS) is 11.0. The average Bonchev–Trinajstić information content (AvgIpc) is 4.16. The van der Waals surface area contributed by atoms with Crippen molar-refractivity contribution in [3.05, 3.63) is 157 Å². The number of nitrogens with two attached hydrogens (primary N) is 2. The van der Waals surface area contributed by atoms with Gasteiger partial charge in [0.1, 0.15) is 82.4 Å². The molecular formula is C53H52F4N12O6S2. The van der Waals surface area contributed by atoms with Gasteiger partial charge in [0.05, 0.1) is 43.4 Å². The first-order valence-electron chi connectivity index (χ1n) is 23.4. The largest absolute Gasteiger partial charge is 0.488 e. The minimum atomic E-state index is -0.787. The molecule has 0 radical (unpaired) electrons. The first-order valence-corrected chi connectivity index (χ1v) is 25.1. The summed E-state index contributed by atoms with van der Waals surface area (Å²) in [5, 5.41) is 18.7. The van der Waals surface area contributed by atoms with Gasteiger partial charge in [-0.2, -0.15) is 9.78 Å². The minimum absolute atomic E-state index is 0.0306. The maximum absolute atomic E-state index is 15.3. The molecule has 0 bridgehead atoms. The van der Waals surface area contributed by atoms with Crippen LogP contribution in [0.2, 0.25) is 0 Å². The Hall–Kier alpha value is -8.66. The van der Waals surface area contributed by atoms with E-state index in [4.69, 9.17) is 42.1 Å². The predicted octanol–water partition coefficient (Wildman–Crippen LogP) is 12.1. The fourth-order valence-electron chi connectivity index (χ4n) is 7.30. The second-order valence-corrected chi connectivity index (χ2v) is 20.4. The lowest BCUT2D eigenvalue weighted by atomic mass is 10.1. The molecule has 0 aliphatic carbocycles. The molecule has 0 unspecified atom stereocenters. The van der Waals surface area contributed by atoms with Crippen LogP contribution in [-0.2, 0) is 18.0 Å². The van der Waals surface area contributed by atoms with Crippen LogP contribution in [0.25, 0.3) is 27.3 Å². The Balaban J connectivity index is 0.000000199. The van der Waals surface area contributed by atoms with Crippen molar-refractivity contribution in [2.24, 2.45) is 0 Å². The number of benzene rings is 4. The highest BCUT2D eigenvalue weighted by molar-refractivity contribution is 7.11. The molecule has 5 aromatic heterocycles. The lowest BCUT2D eigenvalue weighted by molar-refractivity contribution is -0.137. The number of carboxylic acids is 1. The summed E-state index contributed by atoms with van der Waals surface area (Å²) < 4.78 is 83.9. The third kappa shape index (κ3) is 14.4. The molecule has 0 saturated carbocycles. The number of aromatic nitrogens is 8. The van der Waals surface area contributed by atoms with Gasteiger partial charge in [0.15, 0.2) is 23.1 Å². The molecule has 77 heavy (non-hydrogen) atoms. The Labute approximate surface area is 447 Å². The molecule has 0 aliphatic rings. The monoisotopic (exact) mass is 1090 g/mol. The van der Waals surface area contributed by atoms with Crippen LogP contribution in [-0.4, -0.2) is 76.1 Å². The molecule has 5 N–H and O–H groups in total. The van der Waals surface area contributed by atoms with Gasteiger partial charge < -0.3 is 40.4 Å². The number of aryl methyl sites for hydroxylation is 2. The maximum Gasteiger partial charge on any atom is 0.317 e. The highest BCUT2D eigenvalue weighted by atomic mass is 32.1. The molecule has 0 amide bonds. The Kier molecular flexibility index (Phi) is 18.1. The summed E-state index contributed by atoms with van der Waals surface area (Å²) in [5.41, 5.74) is 14.7. The molecule has 0 fully saturated rings. The number of thiazole rings is 2. The zero-order chi connectivity index (χ0) is 55.7. The van der Waals surface area contributed by atoms with E-state index in [1.807, 2.05) is 41.5 Å². The van der Waals surface area contributed by atoms with E-state index in [9.17, 15) is 18.0 Å². The average molecular weight is 1090 g/mol. The van der Waals surface area contributed by atoms with Gasteiger partial charge in [-0.25, -0.2) is 42.2 Å². The molecule has 0 atom stereocenters. The number of carbonyl (C=O) groups is 1. The van der Waals surface area contributed by atoms with Crippen LogP contribution >= 0.6 is 22.7 Å². The van der Waals surface area contributed by atoms with Crippen molar-refractivity contribution < 1.29 is 46.4 Å². The number of anilines is 2. The van der Waals surface area contributed by atoms with Gasteiger partial charge in [0.25, 0.3) is 5.82 Å². The Morgan fingerprint density at radius 2 is 1.17 bits per heavy atom. The Morgan fingerprint density at radius 3 is 1.58 bits per heavy atom. The Morgan fingerprint density at radius 1 is 0.688 bits per heavy atom. The van der Waals surface area contributed by atoms with Crippen molar-refractivity contribution in [1.29, 1.82) is 0 Å². The third-order valence-electron chi connectivity index (χ3n) is 10.6. The first kappa shape index (κ1) is 56.1. The fraction of sp³-hybridized carbons (Fsp3) is 0.245. The molecule has 24 heteroatoms. The number of nitrogens with zero attached hydrogens (tertiary/aromatic N) is 10. The lowest BCUT2D eigenvalue weighted by Crippen LogP contribution is -2.20. The number of halogens is 4. The second-order valence-electron chi connectivity index (χ2n) is 17.8. The zero-order valence-electron chi connectivity index (χ0n) is 42.9. The molecule has 18 nitrogen and oxygen atoms in total. The smallest absolute Gasteiger partial charge is 0.317 e. The summed E-state index contributed by atoms with van der Waals surface area (Å²) >= 11 is 2.99. The zero-order valence-corrected chi connectivity index (χ0v) is 44.5.